The summed E-state index contributed by atoms with van der Waals surface area (Å²) in [5, 5.41) is 0. The monoisotopic (exact) mass is 280 g/mol. The average Bonchev–Trinajstić information content (AvgIpc) is 2.39. The topological polar surface area (TPSA) is 26.3 Å². The molecule has 19 heavy (non-hydrogen) atoms. The highest BCUT2D eigenvalue weighted by Crippen LogP contribution is 2.24. The molecular weight excluding hydrogens is 256 g/mol. The number of carbonyl (C=O) groups is 1. The number of ketones is 1. The molecule has 1 rings (SSSR count). The Bertz CT molecular complexity index is 427. The second-order valence-corrected chi connectivity index (χ2v) is 5.86. The quantitative estimate of drug-likeness (QED) is 0.521. The van der Waals surface area contributed by atoms with E-state index in [1.165, 1.54) is 0 Å². The molecule has 0 aliphatic rings. The predicted molar refractivity (Wildman–Crippen MR) is 83.6 cm³/mol. The maximum absolute atomic E-state index is 12.2. The molecule has 106 valence electrons. The van der Waals surface area contributed by atoms with Gasteiger partial charge in [0.25, 0.3) is 0 Å². The minimum Gasteiger partial charge on any atom is -0.493 e. The summed E-state index contributed by atoms with van der Waals surface area (Å²) in [4.78, 5) is 12.2. The van der Waals surface area contributed by atoms with Gasteiger partial charge in [-0.25, -0.2) is 0 Å². The third-order valence-electron chi connectivity index (χ3n) is 2.87. The smallest absolute Gasteiger partial charge is 0.172 e. The number of benzene rings is 1. The van der Waals surface area contributed by atoms with E-state index in [-0.39, 0.29) is 5.78 Å². The lowest BCUT2D eigenvalue weighted by atomic mass is 10.0. The highest BCUT2D eigenvalue weighted by molar-refractivity contribution is 7.99. The summed E-state index contributed by atoms with van der Waals surface area (Å²) in [5.41, 5.74) is 2.90. The molecule has 0 N–H and O–H groups in total. The molecule has 0 unspecified atom stereocenters. The Hall–Kier alpha value is -0.960. The Balaban J connectivity index is 2.79. The number of hydrogen-bond donors (Lipinski definition) is 0. The van der Waals surface area contributed by atoms with E-state index >= 15 is 0 Å². The number of ether oxygens (including phenoxy) is 1. The molecule has 0 fully saturated rings. The van der Waals surface area contributed by atoms with Crippen molar-refractivity contribution in [2.45, 2.75) is 40.5 Å². The molecule has 1 aromatic carbocycles. The molecule has 1 aromatic rings. The summed E-state index contributed by atoms with van der Waals surface area (Å²) < 4.78 is 5.68. The Morgan fingerprint density at radius 2 is 1.89 bits per heavy atom. The van der Waals surface area contributed by atoms with Gasteiger partial charge in [-0.3, -0.25) is 4.79 Å². The molecule has 0 radical (unpaired) electrons. The van der Waals surface area contributed by atoms with Gasteiger partial charge in [0.05, 0.1) is 12.4 Å². The number of thioether (sulfide) groups is 1. The zero-order valence-corrected chi connectivity index (χ0v) is 13.2. The third kappa shape index (κ3) is 4.90. The van der Waals surface area contributed by atoms with Crippen molar-refractivity contribution in [3.8, 4) is 5.75 Å². The van der Waals surface area contributed by atoms with Crippen LogP contribution in [0.4, 0.5) is 0 Å². The first-order chi connectivity index (χ1) is 9.10. The first-order valence-electron chi connectivity index (χ1n) is 6.95. The second kappa shape index (κ2) is 8.26. The third-order valence-corrected chi connectivity index (χ3v) is 4.03. The van der Waals surface area contributed by atoms with Crippen molar-refractivity contribution in [3.05, 3.63) is 28.8 Å². The summed E-state index contributed by atoms with van der Waals surface area (Å²) in [5.74, 6) is 2.74. The van der Waals surface area contributed by atoms with Crippen molar-refractivity contribution in [1.29, 1.82) is 0 Å². The first kappa shape index (κ1) is 16.1. The van der Waals surface area contributed by atoms with Gasteiger partial charge in [-0.05, 0) is 55.7 Å². The molecule has 0 spiro atoms. The van der Waals surface area contributed by atoms with Gasteiger partial charge < -0.3 is 4.74 Å². The van der Waals surface area contributed by atoms with Crippen LogP contribution in [0.2, 0.25) is 0 Å². The van der Waals surface area contributed by atoms with E-state index in [2.05, 4.69) is 13.8 Å². The predicted octanol–water partition coefficient (Wildman–Crippen LogP) is 4.42. The summed E-state index contributed by atoms with van der Waals surface area (Å²) in [6, 6.07) is 3.96. The summed E-state index contributed by atoms with van der Waals surface area (Å²) >= 11 is 1.71. The van der Waals surface area contributed by atoms with Crippen molar-refractivity contribution < 1.29 is 9.53 Å². The molecule has 0 aromatic heterocycles. The zero-order chi connectivity index (χ0) is 14.3. The molecule has 0 atom stereocenters. The van der Waals surface area contributed by atoms with Gasteiger partial charge in [-0.2, -0.15) is 11.8 Å². The van der Waals surface area contributed by atoms with Crippen LogP contribution in [-0.2, 0) is 0 Å². The number of rotatable bonds is 8. The minimum absolute atomic E-state index is 0.223. The van der Waals surface area contributed by atoms with Crippen LogP contribution in [0.15, 0.2) is 12.1 Å². The lowest BCUT2D eigenvalue weighted by molar-refractivity contribution is 0.102. The van der Waals surface area contributed by atoms with Crippen molar-refractivity contribution in [2.24, 2.45) is 0 Å². The SMILES string of the molecule is CCCOc1cc(C)c(C(=O)CSCCC)cc1C. The molecule has 0 amide bonds. The Kier molecular flexibility index (Phi) is 7.00. The lowest BCUT2D eigenvalue weighted by Gasteiger charge is -2.12. The first-order valence-corrected chi connectivity index (χ1v) is 8.10. The molecule has 3 heteroatoms. The van der Waals surface area contributed by atoms with Gasteiger partial charge in [0.15, 0.2) is 5.78 Å². The van der Waals surface area contributed by atoms with Crippen molar-refractivity contribution >= 4 is 17.5 Å². The summed E-state index contributed by atoms with van der Waals surface area (Å²) in [6.45, 7) is 8.92. The van der Waals surface area contributed by atoms with Crippen LogP contribution in [0.5, 0.6) is 5.75 Å². The number of hydrogen-bond acceptors (Lipinski definition) is 3. The maximum atomic E-state index is 12.2. The van der Waals surface area contributed by atoms with E-state index in [0.29, 0.717) is 5.75 Å². The van der Waals surface area contributed by atoms with Gasteiger partial charge in [-0.1, -0.05) is 13.8 Å². The molecular formula is C16H24O2S. The van der Waals surface area contributed by atoms with Crippen LogP contribution in [0, 0.1) is 13.8 Å². The lowest BCUT2D eigenvalue weighted by Crippen LogP contribution is -2.07. The molecule has 0 aliphatic carbocycles. The van der Waals surface area contributed by atoms with Crippen LogP contribution in [0.3, 0.4) is 0 Å². The summed E-state index contributed by atoms with van der Waals surface area (Å²) in [7, 11) is 0. The van der Waals surface area contributed by atoms with Gasteiger partial charge in [0, 0.05) is 5.56 Å². The van der Waals surface area contributed by atoms with E-state index < -0.39 is 0 Å². The number of Topliss-reactive ketones (excluding diaryl/α,β-unsaturated/α-hetero) is 1. The van der Waals surface area contributed by atoms with Crippen LogP contribution < -0.4 is 4.74 Å². The van der Waals surface area contributed by atoms with Gasteiger partial charge in [0.2, 0.25) is 0 Å². The van der Waals surface area contributed by atoms with Crippen LogP contribution in [0.25, 0.3) is 0 Å². The second-order valence-electron chi connectivity index (χ2n) is 4.76. The van der Waals surface area contributed by atoms with E-state index in [0.717, 1.165) is 47.6 Å². The van der Waals surface area contributed by atoms with E-state index in [4.69, 9.17) is 4.74 Å². The van der Waals surface area contributed by atoms with Gasteiger partial charge >= 0.3 is 0 Å². The molecule has 0 aliphatic heterocycles. The average molecular weight is 280 g/mol. The van der Waals surface area contributed by atoms with Crippen LogP contribution in [0.1, 0.15) is 48.2 Å². The standard InChI is InChI=1S/C16H24O2S/c1-5-7-18-16-10-12(3)14(9-13(16)4)15(17)11-19-8-6-2/h9-10H,5-8,11H2,1-4H3. The van der Waals surface area contributed by atoms with Crippen LogP contribution >= 0.6 is 11.8 Å². The van der Waals surface area contributed by atoms with Crippen molar-refractivity contribution in [2.75, 3.05) is 18.1 Å². The Morgan fingerprint density at radius 3 is 2.53 bits per heavy atom. The van der Waals surface area contributed by atoms with Gasteiger partial charge in [0.1, 0.15) is 5.75 Å². The molecule has 0 saturated carbocycles. The molecule has 0 saturated heterocycles. The zero-order valence-electron chi connectivity index (χ0n) is 12.4. The highest BCUT2D eigenvalue weighted by atomic mass is 32.2. The number of aryl methyl sites for hydroxylation is 2. The molecule has 0 bridgehead atoms. The fraction of sp³-hybridized carbons (Fsp3) is 0.562. The van der Waals surface area contributed by atoms with E-state index in [9.17, 15) is 4.79 Å². The molecule has 0 heterocycles. The normalized spacial score (nSPS) is 10.5. The van der Waals surface area contributed by atoms with Gasteiger partial charge in [-0.15, -0.1) is 0 Å². The molecule has 2 nitrogen and oxygen atoms in total. The maximum Gasteiger partial charge on any atom is 0.172 e. The van der Waals surface area contributed by atoms with E-state index in [1.54, 1.807) is 11.8 Å². The largest absolute Gasteiger partial charge is 0.493 e. The minimum atomic E-state index is 0.223. The fourth-order valence-corrected chi connectivity index (χ4v) is 2.62. The Morgan fingerprint density at radius 1 is 1.16 bits per heavy atom. The van der Waals surface area contributed by atoms with E-state index in [1.807, 2.05) is 26.0 Å². The Labute approximate surface area is 120 Å². The van der Waals surface area contributed by atoms with Crippen LogP contribution in [-0.4, -0.2) is 23.9 Å². The summed E-state index contributed by atoms with van der Waals surface area (Å²) in [6.07, 6.45) is 2.10. The van der Waals surface area contributed by atoms with Crippen molar-refractivity contribution in [1.82, 2.24) is 0 Å². The van der Waals surface area contributed by atoms with Crippen molar-refractivity contribution in [3.63, 3.8) is 0 Å². The highest BCUT2D eigenvalue weighted by Gasteiger charge is 2.12. The fourth-order valence-electron chi connectivity index (χ4n) is 1.84. The number of carbonyl (C=O) groups excluding carboxylic acids is 1.